The third-order valence-electron chi connectivity index (χ3n) is 1.90. The maximum atomic E-state index is 5.51. The molecule has 5 nitrogen and oxygen atoms in total. The van der Waals surface area contributed by atoms with Gasteiger partial charge < -0.3 is 4.74 Å². The van der Waals surface area contributed by atoms with Crippen molar-refractivity contribution in [2.45, 2.75) is 13.3 Å². The summed E-state index contributed by atoms with van der Waals surface area (Å²) < 4.78 is 7.11. The number of aromatic nitrogens is 4. The summed E-state index contributed by atoms with van der Waals surface area (Å²) in [5.74, 6) is 0.838. The Morgan fingerprint density at radius 1 is 1.40 bits per heavy atom. The van der Waals surface area contributed by atoms with Gasteiger partial charge in [0.1, 0.15) is 12.1 Å². The number of benzene rings is 1. The molecule has 0 saturated carbocycles. The first kappa shape index (κ1) is 9.64. The first-order valence-electron chi connectivity index (χ1n) is 4.86. The Hall–Kier alpha value is -1.91. The lowest BCUT2D eigenvalue weighted by molar-refractivity contribution is 0.317. The summed E-state index contributed by atoms with van der Waals surface area (Å²) in [5, 5.41) is 11.0. The Morgan fingerprint density at radius 3 is 3.07 bits per heavy atom. The van der Waals surface area contributed by atoms with Crippen LogP contribution in [-0.4, -0.2) is 26.8 Å². The summed E-state index contributed by atoms with van der Waals surface area (Å²) in [7, 11) is 0. The van der Waals surface area contributed by atoms with Crippen LogP contribution in [0.3, 0.4) is 0 Å². The van der Waals surface area contributed by atoms with E-state index in [1.807, 2.05) is 24.3 Å². The van der Waals surface area contributed by atoms with Crippen molar-refractivity contribution in [3.8, 4) is 11.4 Å². The normalized spacial score (nSPS) is 10.2. The van der Waals surface area contributed by atoms with E-state index in [2.05, 4.69) is 22.4 Å². The first-order chi connectivity index (χ1) is 7.40. The molecule has 0 aliphatic rings. The van der Waals surface area contributed by atoms with Crippen LogP contribution >= 0.6 is 0 Å². The largest absolute Gasteiger partial charge is 0.494 e. The number of ether oxygens (including phenoxy) is 1. The standard InChI is InChI=1S/C10H12N4O/c1-2-6-15-10-5-3-4-9(7-10)14-8-11-12-13-14/h3-5,7-8H,2,6H2,1H3. The molecule has 1 aromatic carbocycles. The molecule has 0 amide bonds. The molecule has 2 aromatic rings. The van der Waals surface area contributed by atoms with Gasteiger partial charge in [-0.2, -0.15) is 0 Å². The van der Waals surface area contributed by atoms with Gasteiger partial charge in [0.2, 0.25) is 0 Å². The smallest absolute Gasteiger partial charge is 0.143 e. The van der Waals surface area contributed by atoms with Crippen molar-refractivity contribution in [3.05, 3.63) is 30.6 Å². The Bertz CT molecular complexity index is 413. The van der Waals surface area contributed by atoms with E-state index < -0.39 is 0 Å². The highest BCUT2D eigenvalue weighted by molar-refractivity contribution is 5.37. The fourth-order valence-corrected chi connectivity index (χ4v) is 1.22. The molecule has 0 fully saturated rings. The summed E-state index contributed by atoms with van der Waals surface area (Å²) in [6.07, 6.45) is 2.55. The van der Waals surface area contributed by atoms with Crippen molar-refractivity contribution in [3.63, 3.8) is 0 Å². The molecule has 0 radical (unpaired) electrons. The minimum Gasteiger partial charge on any atom is -0.494 e. The molecule has 0 aliphatic carbocycles. The maximum Gasteiger partial charge on any atom is 0.143 e. The molecule has 1 aromatic heterocycles. The van der Waals surface area contributed by atoms with E-state index in [9.17, 15) is 0 Å². The molecule has 2 rings (SSSR count). The van der Waals surface area contributed by atoms with Crippen molar-refractivity contribution in [1.29, 1.82) is 0 Å². The highest BCUT2D eigenvalue weighted by Gasteiger charge is 1.99. The average molecular weight is 204 g/mol. The van der Waals surface area contributed by atoms with Crippen molar-refractivity contribution < 1.29 is 4.74 Å². The second kappa shape index (κ2) is 4.54. The van der Waals surface area contributed by atoms with Crippen LogP contribution in [0.5, 0.6) is 5.75 Å². The summed E-state index contributed by atoms with van der Waals surface area (Å²) >= 11 is 0. The van der Waals surface area contributed by atoms with Crippen molar-refractivity contribution in [2.75, 3.05) is 6.61 Å². The van der Waals surface area contributed by atoms with Gasteiger partial charge in [0.15, 0.2) is 0 Å². The van der Waals surface area contributed by atoms with E-state index in [-0.39, 0.29) is 0 Å². The highest BCUT2D eigenvalue weighted by atomic mass is 16.5. The molecule has 0 unspecified atom stereocenters. The van der Waals surface area contributed by atoms with Gasteiger partial charge in [0.25, 0.3) is 0 Å². The quantitative estimate of drug-likeness (QED) is 0.756. The third kappa shape index (κ3) is 2.31. The maximum absolute atomic E-state index is 5.51. The highest BCUT2D eigenvalue weighted by Crippen LogP contribution is 2.15. The zero-order chi connectivity index (χ0) is 10.5. The summed E-state index contributed by atoms with van der Waals surface area (Å²) in [4.78, 5) is 0. The molecule has 0 spiro atoms. The molecule has 0 saturated heterocycles. The van der Waals surface area contributed by atoms with E-state index in [1.54, 1.807) is 11.0 Å². The van der Waals surface area contributed by atoms with Crippen LogP contribution in [-0.2, 0) is 0 Å². The number of nitrogens with zero attached hydrogens (tertiary/aromatic N) is 4. The predicted molar refractivity (Wildman–Crippen MR) is 54.9 cm³/mol. The Balaban J connectivity index is 2.19. The SMILES string of the molecule is CCCOc1cccc(-n2cnnn2)c1. The van der Waals surface area contributed by atoms with Crippen LogP contribution in [0.2, 0.25) is 0 Å². The molecule has 1 heterocycles. The van der Waals surface area contributed by atoms with Crippen molar-refractivity contribution >= 4 is 0 Å². The molecule has 78 valence electrons. The fourth-order valence-electron chi connectivity index (χ4n) is 1.22. The zero-order valence-corrected chi connectivity index (χ0v) is 8.50. The van der Waals surface area contributed by atoms with Gasteiger partial charge in [-0.1, -0.05) is 13.0 Å². The van der Waals surface area contributed by atoms with E-state index in [0.717, 1.165) is 24.5 Å². The van der Waals surface area contributed by atoms with Gasteiger partial charge in [0.05, 0.1) is 12.3 Å². The van der Waals surface area contributed by atoms with Crippen LogP contribution in [0.1, 0.15) is 13.3 Å². The third-order valence-corrected chi connectivity index (χ3v) is 1.90. The van der Waals surface area contributed by atoms with Gasteiger partial charge in [-0.15, -0.1) is 5.10 Å². The van der Waals surface area contributed by atoms with Gasteiger partial charge in [-0.3, -0.25) is 0 Å². The van der Waals surface area contributed by atoms with E-state index in [4.69, 9.17) is 4.74 Å². The van der Waals surface area contributed by atoms with Crippen LogP contribution in [0, 0.1) is 0 Å². The summed E-state index contributed by atoms with van der Waals surface area (Å²) in [6.45, 7) is 2.80. The number of hydrogen-bond donors (Lipinski definition) is 0. The predicted octanol–water partition coefficient (Wildman–Crippen LogP) is 1.45. The molecular formula is C10H12N4O. The van der Waals surface area contributed by atoms with Crippen LogP contribution < -0.4 is 4.74 Å². The molecule has 0 bridgehead atoms. The first-order valence-corrected chi connectivity index (χ1v) is 4.86. The van der Waals surface area contributed by atoms with Gasteiger partial charge >= 0.3 is 0 Å². The molecule has 0 N–H and O–H groups in total. The lowest BCUT2D eigenvalue weighted by atomic mass is 10.3. The fraction of sp³-hybridized carbons (Fsp3) is 0.300. The molecule has 0 aliphatic heterocycles. The molecule has 15 heavy (non-hydrogen) atoms. The van der Waals surface area contributed by atoms with Gasteiger partial charge in [0, 0.05) is 6.07 Å². The van der Waals surface area contributed by atoms with E-state index in [0.29, 0.717) is 0 Å². The lowest BCUT2D eigenvalue weighted by Crippen LogP contribution is -1.98. The van der Waals surface area contributed by atoms with Crippen LogP contribution in [0.15, 0.2) is 30.6 Å². The van der Waals surface area contributed by atoms with Crippen molar-refractivity contribution in [1.82, 2.24) is 20.2 Å². The number of tetrazole rings is 1. The summed E-state index contributed by atoms with van der Waals surface area (Å²) in [6, 6.07) is 7.67. The Labute approximate surface area is 87.7 Å². The second-order valence-corrected chi connectivity index (χ2v) is 3.10. The minimum absolute atomic E-state index is 0.721. The second-order valence-electron chi connectivity index (χ2n) is 3.10. The number of rotatable bonds is 4. The minimum atomic E-state index is 0.721. The van der Waals surface area contributed by atoms with Crippen LogP contribution in [0.4, 0.5) is 0 Å². The zero-order valence-electron chi connectivity index (χ0n) is 8.50. The van der Waals surface area contributed by atoms with E-state index in [1.165, 1.54) is 0 Å². The van der Waals surface area contributed by atoms with Crippen molar-refractivity contribution in [2.24, 2.45) is 0 Å². The Morgan fingerprint density at radius 2 is 2.33 bits per heavy atom. The number of hydrogen-bond acceptors (Lipinski definition) is 4. The molecule has 5 heteroatoms. The topological polar surface area (TPSA) is 52.8 Å². The summed E-state index contributed by atoms with van der Waals surface area (Å²) in [5.41, 5.74) is 0.897. The lowest BCUT2D eigenvalue weighted by Gasteiger charge is -2.05. The monoisotopic (exact) mass is 204 g/mol. The molecule has 0 atom stereocenters. The molecular weight excluding hydrogens is 192 g/mol. The van der Waals surface area contributed by atoms with Gasteiger partial charge in [-0.05, 0) is 29.0 Å². The van der Waals surface area contributed by atoms with E-state index >= 15 is 0 Å². The average Bonchev–Trinajstić information content (AvgIpc) is 2.80. The van der Waals surface area contributed by atoms with Gasteiger partial charge in [-0.25, -0.2) is 4.68 Å². The van der Waals surface area contributed by atoms with Crippen LogP contribution in [0.25, 0.3) is 5.69 Å². The Kier molecular flexibility index (Phi) is 2.92.